The molecule has 1 nitrogen and oxygen atoms in total. The molecule has 0 amide bonds. The van der Waals surface area contributed by atoms with Gasteiger partial charge in [-0.2, -0.15) is 0 Å². The van der Waals surface area contributed by atoms with Crippen LogP contribution in [-0.4, -0.2) is 0 Å². The van der Waals surface area contributed by atoms with Crippen LogP contribution in [0.4, 0.5) is 0 Å². The van der Waals surface area contributed by atoms with Gasteiger partial charge in [0.1, 0.15) is 0 Å². The van der Waals surface area contributed by atoms with Crippen LogP contribution in [0.3, 0.4) is 0 Å². The molecule has 43 valence electrons. The summed E-state index contributed by atoms with van der Waals surface area (Å²) in [6, 6.07) is 7.86. The van der Waals surface area contributed by atoms with Gasteiger partial charge < -0.3 is 4.42 Å². The van der Waals surface area contributed by atoms with Crippen LogP contribution in [0, 0.1) is 6.26 Å². The van der Waals surface area contributed by atoms with Crippen molar-refractivity contribution in [2.75, 3.05) is 0 Å². The van der Waals surface area contributed by atoms with E-state index in [9.17, 15) is 0 Å². The molecule has 0 N–H and O–H groups in total. The third-order valence-corrected chi connectivity index (χ3v) is 1.35. The standard InChI is InChI=1S/C8H5O/c1-2-7-4-5-9-6-8(7)3-1/h1-4,6H. The van der Waals surface area contributed by atoms with Gasteiger partial charge >= 0.3 is 0 Å². The zero-order valence-corrected chi connectivity index (χ0v) is 4.79. The Morgan fingerprint density at radius 1 is 1.22 bits per heavy atom. The molecular formula is C8H5O. The van der Waals surface area contributed by atoms with Crippen LogP contribution in [0.1, 0.15) is 0 Å². The van der Waals surface area contributed by atoms with Gasteiger partial charge in [-0.15, -0.1) is 0 Å². The predicted molar refractivity (Wildman–Crippen MR) is 34.2 cm³/mol. The molecule has 1 heterocycles. The molecule has 0 saturated carbocycles. The number of hydrogen-bond acceptors (Lipinski definition) is 1. The molecule has 0 bridgehead atoms. The monoisotopic (exact) mass is 117 g/mol. The molecule has 0 atom stereocenters. The van der Waals surface area contributed by atoms with Gasteiger partial charge in [-0.1, -0.05) is 18.2 Å². The first-order valence-corrected chi connectivity index (χ1v) is 2.80. The van der Waals surface area contributed by atoms with Crippen molar-refractivity contribution in [3.63, 3.8) is 0 Å². The van der Waals surface area contributed by atoms with Gasteiger partial charge in [-0.05, 0) is 11.6 Å². The maximum Gasteiger partial charge on any atom is 0.169 e. The number of rotatable bonds is 0. The first-order valence-electron chi connectivity index (χ1n) is 2.80. The second kappa shape index (κ2) is 1.62. The highest BCUT2D eigenvalue weighted by atomic mass is 16.3. The summed E-state index contributed by atoms with van der Waals surface area (Å²) in [6.07, 6.45) is 4.34. The maximum atomic E-state index is 4.82. The average Bonchev–Trinajstić information content (AvgIpc) is 2.33. The van der Waals surface area contributed by atoms with Gasteiger partial charge in [0.05, 0.1) is 6.26 Å². The highest BCUT2D eigenvalue weighted by molar-refractivity contribution is 5.63. The Labute approximate surface area is 53.3 Å². The molecule has 0 fully saturated rings. The summed E-state index contributed by atoms with van der Waals surface area (Å²) in [5.41, 5.74) is 2.31. The summed E-state index contributed by atoms with van der Waals surface area (Å²) < 4.78 is 4.82. The summed E-state index contributed by atoms with van der Waals surface area (Å²) in [6.45, 7) is 0. The van der Waals surface area contributed by atoms with Crippen LogP contribution in [0.2, 0.25) is 0 Å². The van der Waals surface area contributed by atoms with Crippen molar-refractivity contribution >= 4 is 0 Å². The lowest BCUT2D eigenvalue weighted by molar-refractivity contribution is 0.542. The van der Waals surface area contributed by atoms with E-state index in [1.807, 2.05) is 24.3 Å². The average molecular weight is 117 g/mol. The van der Waals surface area contributed by atoms with Gasteiger partial charge in [-0.25, -0.2) is 0 Å². The Morgan fingerprint density at radius 2 is 2.11 bits per heavy atom. The van der Waals surface area contributed by atoms with E-state index < -0.39 is 0 Å². The van der Waals surface area contributed by atoms with E-state index in [0.29, 0.717) is 0 Å². The van der Waals surface area contributed by atoms with Crippen LogP contribution >= 0.6 is 0 Å². The molecule has 1 heteroatoms. The molecule has 9 heavy (non-hydrogen) atoms. The normalized spacial score (nSPS) is 10.2. The molecule has 2 aliphatic rings. The molecular weight excluding hydrogens is 112 g/mol. The highest BCUT2D eigenvalue weighted by Crippen LogP contribution is 2.20. The quantitative estimate of drug-likeness (QED) is 0.515. The third-order valence-electron chi connectivity index (χ3n) is 1.35. The molecule has 0 unspecified atom stereocenters. The second-order valence-electron chi connectivity index (χ2n) is 1.93. The minimum Gasteiger partial charge on any atom is -0.460 e. The molecule has 0 saturated heterocycles. The minimum absolute atomic E-state index is 1.13. The Kier molecular flexibility index (Phi) is 0.833. The lowest BCUT2D eigenvalue weighted by Crippen LogP contribution is -1.67. The zero-order valence-electron chi connectivity index (χ0n) is 4.79. The van der Waals surface area contributed by atoms with Gasteiger partial charge in [0.2, 0.25) is 0 Å². The van der Waals surface area contributed by atoms with Crippen molar-refractivity contribution in [1.29, 1.82) is 0 Å². The third kappa shape index (κ3) is 0.617. The van der Waals surface area contributed by atoms with Crippen molar-refractivity contribution in [2.45, 2.75) is 0 Å². The molecule has 0 aromatic carbocycles. The van der Waals surface area contributed by atoms with E-state index in [2.05, 4.69) is 6.26 Å². The summed E-state index contributed by atoms with van der Waals surface area (Å²) in [5, 5.41) is 0. The summed E-state index contributed by atoms with van der Waals surface area (Å²) in [7, 11) is 0. The van der Waals surface area contributed by atoms with Crippen LogP contribution in [-0.2, 0) is 0 Å². The Balaban J connectivity index is 2.79. The van der Waals surface area contributed by atoms with E-state index >= 15 is 0 Å². The van der Waals surface area contributed by atoms with E-state index in [1.54, 1.807) is 6.26 Å². The largest absolute Gasteiger partial charge is 0.460 e. The van der Waals surface area contributed by atoms with Crippen LogP contribution in [0.15, 0.2) is 34.9 Å². The van der Waals surface area contributed by atoms with Crippen LogP contribution < -0.4 is 0 Å². The van der Waals surface area contributed by atoms with Crippen molar-refractivity contribution in [3.05, 3.63) is 36.8 Å². The molecule has 1 radical (unpaired) electrons. The summed E-state index contributed by atoms with van der Waals surface area (Å²) in [5.74, 6) is 0. The first kappa shape index (κ1) is 4.62. The Hall–Kier alpha value is -1.24. The van der Waals surface area contributed by atoms with Crippen LogP contribution in [0.25, 0.3) is 11.1 Å². The predicted octanol–water partition coefficient (Wildman–Crippen LogP) is 2.18. The number of hydrogen-bond donors (Lipinski definition) is 0. The minimum atomic E-state index is 1.13. The fourth-order valence-electron chi connectivity index (χ4n) is 0.882. The van der Waals surface area contributed by atoms with E-state index in [-0.39, 0.29) is 0 Å². The molecule has 2 rings (SSSR count). The van der Waals surface area contributed by atoms with Crippen molar-refractivity contribution in [2.24, 2.45) is 0 Å². The van der Waals surface area contributed by atoms with Crippen LogP contribution in [0.5, 0.6) is 0 Å². The summed E-state index contributed by atoms with van der Waals surface area (Å²) >= 11 is 0. The zero-order chi connectivity index (χ0) is 6.10. The lowest BCUT2D eigenvalue weighted by Gasteiger charge is -1.90. The van der Waals surface area contributed by atoms with Gasteiger partial charge in [-0.3, -0.25) is 0 Å². The maximum absolute atomic E-state index is 4.82. The lowest BCUT2D eigenvalue weighted by atomic mass is 10.2. The first-order chi connectivity index (χ1) is 4.47. The smallest absolute Gasteiger partial charge is 0.169 e. The topological polar surface area (TPSA) is 13.1 Å². The highest BCUT2D eigenvalue weighted by Gasteiger charge is 1.97. The second-order valence-corrected chi connectivity index (χ2v) is 1.93. The molecule has 0 aromatic heterocycles. The molecule has 1 aliphatic carbocycles. The Morgan fingerprint density at radius 3 is 3.00 bits per heavy atom. The fraction of sp³-hybridized carbons (Fsp3) is 0. The van der Waals surface area contributed by atoms with Crippen molar-refractivity contribution in [1.82, 2.24) is 0 Å². The van der Waals surface area contributed by atoms with Crippen molar-refractivity contribution < 1.29 is 4.42 Å². The van der Waals surface area contributed by atoms with Gasteiger partial charge in [0, 0.05) is 5.56 Å². The fourth-order valence-corrected chi connectivity index (χ4v) is 0.882. The van der Waals surface area contributed by atoms with Crippen molar-refractivity contribution in [3.8, 4) is 11.1 Å². The Bertz CT molecular complexity index is 245. The van der Waals surface area contributed by atoms with Gasteiger partial charge in [0.15, 0.2) is 6.26 Å². The summed E-state index contributed by atoms with van der Waals surface area (Å²) in [4.78, 5) is 0. The molecule has 0 spiro atoms. The molecule has 1 aliphatic heterocycles. The number of fused-ring (bicyclic) bond motifs is 1. The molecule has 0 aromatic rings. The van der Waals surface area contributed by atoms with E-state index in [0.717, 1.165) is 5.56 Å². The van der Waals surface area contributed by atoms with E-state index in [1.165, 1.54) is 5.56 Å². The SMILES string of the molecule is [c]1cc2cccc-2co1. The van der Waals surface area contributed by atoms with Gasteiger partial charge in [0.25, 0.3) is 0 Å². The van der Waals surface area contributed by atoms with E-state index in [4.69, 9.17) is 4.42 Å².